The first kappa shape index (κ1) is 13.2. The third kappa shape index (κ3) is 3.31. The van der Waals surface area contributed by atoms with E-state index in [2.05, 4.69) is 13.8 Å². The number of hydrogen-bond donors (Lipinski definition) is 1. The number of hydrogen-bond acceptors (Lipinski definition) is 1. The van der Waals surface area contributed by atoms with Crippen LogP contribution in [0.25, 0.3) is 0 Å². The van der Waals surface area contributed by atoms with E-state index in [1.165, 1.54) is 6.07 Å². The van der Waals surface area contributed by atoms with Gasteiger partial charge in [0, 0.05) is 5.56 Å². The van der Waals surface area contributed by atoms with Crippen LogP contribution in [0.15, 0.2) is 24.3 Å². The molecule has 0 radical (unpaired) electrons. The fraction of sp³-hybridized carbons (Fsp3) is 0.571. The normalized spacial score (nSPS) is 16.8. The minimum atomic E-state index is -1.07. The number of rotatable bonds is 5. The highest BCUT2D eigenvalue weighted by Gasteiger charge is 2.27. The molecule has 0 aliphatic carbocycles. The van der Waals surface area contributed by atoms with Crippen LogP contribution < -0.4 is 0 Å². The highest BCUT2D eigenvalue weighted by Crippen LogP contribution is 2.31. The Morgan fingerprint density at radius 2 is 2.00 bits per heavy atom. The van der Waals surface area contributed by atoms with Gasteiger partial charge in [-0.1, -0.05) is 44.9 Å². The van der Waals surface area contributed by atoms with Crippen molar-refractivity contribution in [1.29, 1.82) is 0 Å². The Morgan fingerprint density at radius 3 is 2.56 bits per heavy atom. The summed E-state index contributed by atoms with van der Waals surface area (Å²) in [5.41, 5.74) is -0.669. The number of benzene rings is 1. The summed E-state index contributed by atoms with van der Waals surface area (Å²) in [6.45, 7) is 5.91. The van der Waals surface area contributed by atoms with Crippen LogP contribution in [0.4, 0.5) is 4.39 Å². The SMILES string of the molecule is CCCC(C)CC(C)(O)c1ccccc1F. The molecule has 0 bridgehead atoms. The van der Waals surface area contributed by atoms with Gasteiger partial charge in [0.15, 0.2) is 0 Å². The monoisotopic (exact) mass is 224 g/mol. The van der Waals surface area contributed by atoms with Crippen molar-refractivity contribution in [2.45, 2.75) is 45.6 Å². The van der Waals surface area contributed by atoms with Gasteiger partial charge < -0.3 is 5.11 Å². The lowest BCUT2D eigenvalue weighted by molar-refractivity contribution is 0.0278. The lowest BCUT2D eigenvalue weighted by atomic mass is 9.85. The standard InChI is InChI=1S/C14H21FO/c1-4-7-11(2)10-14(3,16)12-8-5-6-9-13(12)15/h5-6,8-9,11,16H,4,7,10H2,1-3H3. The average Bonchev–Trinajstić information content (AvgIpc) is 2.17. The van der Waals surface area contributed by atoms with E-state index in [1.54, 1.807) is 25.1 Å². The van der Waals surface area contributed by atoms with Crippen LogP contribution in [0.2, 0.25) is 0 Å². The predicted octanol–water partition coefficient (Wildman–Crippen LogP) is 3.86. The molecule has 0 aromatic heterocycles. The smallest absolute Gasteiger partial charge is 0.129 e. The second-order valence-electron chi connectivity index (χ2n) is 4.85. The Morgan fingerprint density at radius 1 is 1.38 bits per heavy atom. The second-order valence-corrected chi connectivity index (χ2v) is 4.85. The molecule has 0 amide bonds. The molecule has 1 N–H and O–H groups in total. The molecular formula is C14H21FO. The topological polar surface area (TPSA) is 20.2 Å². The molecule has 2 atom stereocenters. The van der Waals surface area contributed by atoms with Crippen LogP contribution in [-0.4, -0.2) is 5.11 Å². The molecular weight excluding hydrogens is 203 g/mol. The summed E-state index contributed by atoms with van der Waals surface area (Å²) < 4.78 is 13.6. The summed E-state index contributed by atoms with van der Waals surface area (Å²) >= 11 is 0. The maximum absolute atomic E-state index is 13.6. The van der Waals surface area contributed by atoms with E-state index in [0.29, 0.717) is 17.9 Å². The van der Waals surface area contributed by atoms with Gasteiger partial charge in [-0.05, 0) is 25.3 Å². The Kier molecular flexibility index (Phi) is 4.48. The van der Waals surface area contributed by atoms with Gasteiger partial charge in [0.05, 0.1) is 5.60 Å². The molecule has 1 rings (SSSR count). The molecule has 90 valence electrons. The van der Waals surface area contributed by atoms with Gasteiger partial charge in [0.2, 0.25) is 0 Å². The molecule has 0 aliphatic rings. The van der Waals surface area contributed by atoms with Gasteiger partial charge in [-0.2, -0.15) is 0 Å². The maximum Gasteiger partial charge on any atom is 0.129 e. The highest BCUT2D eigenvalue weighted by molar-refractivity contribution is 5.23. The van der Waals surface area contributed by atoms with Crippen molar-refractivity contribution in [2.24, 2.45) is 5.92 Å². The van der Waals surface area contributed by atoms with Crippen LogP contribution in [0, 0.1) is 11.7 Å². The fourth-order valence-electron chi connectivity index (χ4n) is 2.28. The molecule has 1 aromatic rings. The maximum atomic E-state index is 13.6. The van der Waals surface area contributed by atoms with E-state index in [-0.39, 0.29) is 5.82 Å². The van der Waals surface area contributed by atoms with Crippen molar-refractivity contribution in [3.05, 3.63) is 35.6 Å². The van der Waals surface area contributed by atoms with E-state index in [4.69, 9.17) is 0 Å². The minimum Gasteiger partial charge on any atom is -0.385 e. The van der Waals surface area contributed by atoms with E-state index in [0.717, 1.165) is 12.8 Å². The minimum absolute atomic E-state index is 0.323. The lowest BCUT2D eigenvalue weighted by Crippen LogP contribution is -2.25. The number of aliphatic hydroxyl groups is 1. The second kappa shape index (κ2) is 5.44. The molecule has 0 heterocycles. The summed E-state index contributed by atoms with van der Waals surface area (Å²) in [4.78, 5) is 0. The first-order chi connectivity index (χ1) is 7.47. The molecule has 1 nitrogen and oxygen atoms in total. The molecule has 1 aromatic carbocycles. The Bertz CT molecular complexity index is 333. The largest absolute Gasteiger partial charge is 0.385 e. The lowest BCUT2D eigenvalue weighted by Gasteiger charge is -2.27. The Labute approximate surface area is 97.3 Å². The van der Waals surface area contributed by atoms with Crippen LogP contribution in [0.1, 0.15) is 45.6 Å². The third-order valence-electron chi connectivity index (χ3n) is 2.98. The summed E-state index contributed by atoms with van der Waals surface area (Å²) in [6, 6.07) is 6.46. The van der Waals surface area contributed by atoms with Crippen molar-refractivity contribution >= 4 is 0 Å². The fourth-order valence-corrected chi connectivity index (χ4v) is 2.28. The third-order valence-corrected chi connectivity index (χ3v) is 2.98. The van der Waals surface area contributed by atoms with E-state index < -0.39 is 5.60 Å². The predicted molar refractivity (Wildman–Crippen MR) is 64.7 cm³/mol. The highest BCUT2D eigenvalue weighted by atomic mass is 19.1. The van der Waals surface area contributed by atoms with Crippen LogP contribution in [0.3, 0.4) is 0 Å². The molecule has 0 spiro atoms. The van der Waals surface area contributed by atoms with Crippen LogP contribution in [0.5, 0.6) is 0 Å². The Hall–Kier alpha value is -0.890. The van der Waals surface area contributed by atoms with Crippen LogP contribution >= 0.6 is 0 Å². The zero-order valence-corrected chi connectivity index (χ0v) is 10.3. The molecule has 16 heavy (non-hydrogen) atoms. The van der Waals surface area contributed by atoms with Crippen molar-refractivity contribution in [2.75, 3.05) is 0 Å². The summed E-state index contributed by atoms with van der Waals surface area (Å²) in [5.74, 6) is 0.0794. The van der Waals surface area contributed by atoms with Gasteiger partial charge in [-0.15, -0.1) is 0 Å². The van der Waals surface area contributed by atoms with Gasteiger partial charge in [-0.3, -0.25) is 0 Å². The van der Waals surface area contributed by atoms with Gasteiger partial charge >= 0.3 is 0 Å². The summed E-state index contributed by atoms with van der Waals surface area (Å²) in [6.07, 6.45) is 2.75. The summed E-state index contributed by atoms with van der Waals surface area (Å²) in [5, 5.41) is 10.3. The molecule has 0 saturated heterocycles. The number of halogens is 1. The van der Waals surface area contributed by atoms with E-state index in [9.17, 15) is 9.50 Å². The first-order valence-corrected chi connectivity index (χ1v) is 5.94. The van der Waals surface area contributed by atoms with E-state index in [1.807, 2.05) is 0 Å². The van der Waals surface area contributed by atoms with Crippen LogP contribution in [-0.2, 0) is 5.60 Å². The van der Waals surface area contributed by atoms with Crippen molar-refractivity contribution in [1.82, 2.24) is 0 Å². The Balaban J connectivity index is 2.81. The average molecular weight is 224 g/mol. The van der Waals surface area contributed by atoms with Crippen molar-refractivity contribution in [3.8, 4) is 0 Å². The quantitative estimate of drug-likeness (QED) is 0.805. The van der Waals surface area contributed by atoms with Gasteiger partial charge in [0.25, 0.3) is 0 Å². The molecule has 0 fully saturated rings. The molecule has 0 aliphatic heterocycles. The first-order valence-electron chi connectivity index (χ1n) is 5.94. The van der Waals surface area contributed by atoms with Crippen molar-refractivity contribution in [3.63, 3.8) is 0 Å². The zero-order valence-electron chi connectivity index (χ0n) is 10.3. The van der Waals surface area contributed by atoms with Crippen molar-refractivity contribution < 1.29 is 9.50 Å². The molecule has 2 heteroatoms. The molecule has 2 unspecified atom stereocenters. The van der Waals surface area contributed by atoms with Gasteiger partial charge in [0.1, 0.15) is 5.82 Å². The zero-order chi connectivity index (χ0) is 12.2. The summed E-state index contributed by atoms with van der Waals surface area (Å²) in [7, 11) is 0. The van der Waals surface area contributed by atoms with E-state index >= 15 is 0 Å². The molecule has 0 saturated carbocycles. The van der Waals surface area contributed by atoms with Gasteiger partial charge in [-0.25, -0.2) is 4.39 Å².